The third-order valence-electron chi connectivity index (χ3n) is 1.30. The van der Waals surface area contributed by atoms with Crippen LogP contribution in [0.2, 0.25) is 0 Å². The summed E-state index contributed by atoms with van der Waals surface area (Å²) in [5, 5.41) is 8.51. The highest BCUT2D eigenvalue weighted by molar-refractivity contribution is 5.88. The molecule has 0 spiro atoms. The molecular formula is C8H8O2. The minimum atomic E-state index is -0.856. The second kappa shape index (κ2) is 2.52. The average molecular weight is 136 g/mol. The van der Waals surface area contributed by atoms with Crippen LogP contribution in [0.15, 0.2) is 36.0 Å². The van der Waals surface area contributed by atoms with Crippen molar-refractivity contribution in [1.29, 1.82) is 0 Å². The van der Waals surface area contributed by atoms with Crippen molar-refractivity contribution in [3.63, 3.8) is 0 Å². The number of aliphatic carboxylic acids is 1. The maximum absolute atomic E-state index is 10.4. The SMILES string of the molecule is C=C1C=CCC(C(=O)O)=C1. The van der Waals surface area contributed by atoms with Crippen LogP contribution in [0, 0.1) is 0 Å². The van der Waals surface area contributed by atoms with Gasteiger partial charge in [-0.05, 0) is 18.1 Å². The molecule has 0 unspecified atom stereocenters. The van der Waals surface area contributed by atoms with Gasteiger partial charge in [-0.15, -0.1) is 0 Å². The van der Waals surface area contributed by atoms with E-state index in [2.05, 4.69) is 6.58 Å². The van der Waals surface area contributed by atoms with E-state index in [0.29, 0.717) is 12.0 Å². The first-order chi connectivity index (χ1) is 4.70. The minimum Gasteiger partial charge on any atom is -0.478 e. The van der Waals surface area contributed by atoms with Crippen molar-refractivity contribution in [2.75, 3.05) is 0 Å². The summed E-state index contributed by atoms with van der Waals surface area (Å²) in [5.74, 6) is -0.856. The van der Waals surface area contributed by atoms with Crippen LogP contribution in [0.4, 0.5) is 0 Å². The van der Waals surface area contributed by atoms with Gasteiger partial charge in [0.15, 0.2) is 0 Å². The van der Waals surface area contributed by atoms with Gasteiger partial charge in [0.1, 0.15) is 0 Å². The summed E-state index contributed by atoms with van der Waals surface area (Å²) in [6.45, 7) is 3.62. The topological polar surface area (TPSA) is 37.3 Å². The summed E-state index contributed by atoms with van der Waals surface area (Å²) < 4.78 is 0. The highest BCUT2D eigenvalue weighted by Gasteiger charge is 2.07. The summed E-state index contributed by atoms with van der Waals surface area (Å²) in [6.07, 6.45) is 5.70. The van der Waals surface area contributed by atoms with E-state index in [4.69, 9.17) is 5.11 Å². The maximum atomic E-state index is 10.4. The molecule has 1 aliphatic rings. The lowest BCUT2D eigenvalue weighted by molar-refractivity contribution is -0.132. The van der Waals surface area contributed by atoms with E-state index < -0.39 is 5.97 Å². The van der Waals surface area contributed by atoms with Crippen molar-refractivity contribution in [2.24, 2.45) is 0 Å². The van der Waals surface area contributed by atoms with Crippen LogP contribution in [-0.4, -0.2) is 11.1 Å². The van der Waals surface area contributed by atoms with Gasteiger partial charge < -0.3 is 5.11 Å². The van der Waals surface area contributed by atoms with Gasteiger partial charge in [0, 0.05) is 5.57 Å². The van der Waals surface area contributed by atoms with Crippen LogP contribution in [0.3, 0.4) is 0 Å². The quantitative estimate of drug-likeness (QED) is 0.593. The fourth-order valence-corrected chi connectivity index (χ4v) is 0.817. The smallest absolute Gasteiger partial charge is 0.331 e. The van der Waals surface area contributed by atoms with E-state index in [1.54, 1.807) is 12.2 Å². The molecule has 0 radical (unpaired) electrons. The number of carboxylic acid groups (broad SMARTS) is 1. The Labute approximate surface area is 59.2 Å². The zero-order valence-electron chi connectivity index (χ0n) is 5.50. The number of hydrogen-bond acceptors (Lipinski definition) is 1. The van der Waals surface area contributed by atoms with Gasteiger partial charge in [0.25, 0.3) is 0 Å². The number of hydrogen-bond donors (Lipinski definition) is 1. The van der Waals surface area contributed by atoms with Gasteiger partial charge in [-0.25, -0.2) is 4.79 Å². The van der Waals surface area contributed by atoms with Gasteiger partial charge in [-0.1, -0.05) is 18.7 Å². The van der Waals surface area contributed by atoms with Gasteiger partial charge in [0.2, 0.25) is 0 Å². The van der Waals surface area contributed by atoms with Gasteiger partial charge in [-0.2, -0.15) is 0 Å². The van der Waals surface area contributed by atoms with E-state index in [-0.39, 0.29) is 0 Å². The van der Waals surface area contributed by atoms with Crippen molar-refractivity contribution in [3.05, 3.63) is 36.0 Å². The molecule has 10 heavy (non-hydrogen) atoms. The lowest BCUT2D eigenvalue weighted by atomic mass is 10.0. The van der Waals surface area contributed by atoms with Crippen molar-refractivity contribution < 1.29 is 9.90 Å². The van der Waals surface area contributed by atoms with Crippen LogP contribution in [0.5, 0.6) is 0 Å². The summed E-state index contributed by atoms with van der Waals surface area (Å²) in [6, 6.07) is 0. The van der Waals surface area contributed by atoms with E-state index in [1.165, 1.54) is 0 Å². The molecule has 0 saturated carbocycles. The monoisotopic (exact) mass is 136 g/mol. The summed E-state index contributed by atoms with van der Waals surface area (Å²) in [4.78, 5) is 10.4. The Morgan fingerprint density at radius 3 is 2.80 bits per heavy atom. The predicted molar refractivity (Wildman–Crippen MR) is 38.6 cm³/mol. The first kappa shape index (κ1) is 6.81. The Bertz CT molecular complexity index is 234. The van der Waals surface area contributed by atoms with Crippen molar-refractivity contribution in [3.8, 4) is 0 Å². The third-order valence-corrected chi connectivity index (χ3v) is 1.30. The molecule has 0 heterocycles. The molecule has 0 aliphatic heterocycles. The molecular weight excluding hydrogens is 128 g/mol. The first-order valence-electron chi connectivity index (χ1n) is 2.99. The number of carbonyl (C=O) groups is 1. The third kappa shape index (κ3) is 1.35. The van der Waals surface area contributed by atoms with Crippen molar-refractivity contribution in [1.82, 2.24) is 0 Å². The highest BCUT2D eigenvalue weighted by atomic mass is 16.4. The molecule has 1 N–H and O–H groups in total. The zero-order valence-corrected chi connectivity index (χ0v) is 5.50. The highest BCUT2D eigenvalue weighted by Crippen LogP contribution is 2.13. The molecule has 52 valence electrons. The molecule has 0 fully saturated rings. The van der Waals surface area contributed by atoms with Gasteiger partial charge in [-0.3, -0.25) is 0 Å². The van der Waals surface area contributed by atoms with Crippen LogP contribution in [-0.2, 0) is 4.79 Å². The predicted octanol–water partition coefficient (Wildman–Crippen LogP) is 1.51. The molecule has 1 rings (SSSR count). The fourth-order valence-electron chi connectivity index (χ4n) is 0.817. The van der Waals surface area contributed by atoms with Crippen molar-refractivity contribution >= 4 is 5.97 Å². The lowest BCUT2D eigenvalue weighted by Gasteiger charge is -2.02. The average Bonchev–Trinajstić information content (AvgIpc) is 1.88. The van der Waals surface area contributed by atoms with E-state index in [1.807, 2.05) is 6.08 Å². The Morgan fingerprint density at radius 1 is 1.70 bits per heavy atom. The van der Waals surface area contributed by atoms with Crippen LogP contribution in [0.25, 0.3) is 0 Å². The second-order valence-corrected chi connectivity index (χ2v) is 2.16. The summed E-state index contributed by atoms with van der Waals surface area (Å²) >= 11 is 0. The van der Waals surface area contributed by atoms with E-state index >= 15 is 0 Å². The summed E-state index contributed by atoms with van der Waals surface area (Å²) in [7, 11) is 0. The molecule has 1 aliphatic carbocycles. The Morgan fingerprint density at radius 2 is 2.40 bits per heavy atom. The van der Waals surface area contributed by atoms with Crippen molar-refractivity contribution in [2.45, 2.75) is 6.42 Å². The molecule has 0 amide bonds. The van der Waals surface area contributed by atoms with E-state index in [9.17, 15) is 4.79 Å². The van der Waals surface area contributed by atoms with E-state index in [0.717, 1.165) is 5.57 Å². The minimum absolute atomic E-state index is 0.410. The molecule has 0 atom stereocenters. The first-order valence-corrected chi connectivity index (χ1v) is 2.99. The molecule has 0 bridgehead atoms. The maximum Gasteiger partial charge on any atom is 0.331 e. The van der Waals surface area contributed by atoms with Crippen LogP contribution < -0.4 is 0 Å². The van der Waals surface area contributed by atoms with Crippen LogP contribution >= 0.6 is 0 Å². The number of allylic oxidation sites excluding steroid dienone is 4. The summed E-state index contributed by atoms with van der Waals surface area (Å²) in [5.41, 5.74) is 1.16. The number of carboxylic acids is 1. The zero-order chi connectivity index (χ0) is 7.56. The fraction of sp³-hybridized carbons (Fsp3) is 0.125. The molecule has 2 heteroatoms. The molecule has 0 aromatic heterocycles. The largest absolute Gasteiger partial charge is 0.478 e. The molecule has 0 aromatic carbocycles. The molecule has 0 aromatic rings. The Hall–Kier alpha value is -1.31. The molecule has 2 nitrogen and oxygen atoms in total. The van der Waals surface area contributed by atoms with Crippen LogP contribution in [0.1, 0.15) is 6.42 Å². The lowest BCUT2D eigenvalue weighted by Crippen LogP contribution is -2.01. The number of rotatable bonds is 1. The Balaban J connectivity index is 2.81. The van der Waals surface area contributed by atoms with Gasteiger partial charge in [0.05, 0.1) is 0 Å². The Kier molecular flexibility index (Phi) is 1.71. The second-order valence-electron chi connectivity index (χ2n) is 2.16. The van der Waals surface area contributed by atoms with Gasteiger partial charge >= 0.3 is 5.97 Å². The standard InChI is InChI=1S/C8H8O2/c1-6-3-2-4-7(5-6)8(9)10/h2-3,5H,1,4H2,(H,9,10). The normalized spacial score (nSPS) is 16.8. The molecule has 0 saturated heterocycles.